The number of aryl methyl sites for hydroxylation is 1. The lowest BCUT2D eigenvalue weighted by Gasteiger charge is -2.11. The van der Waals surface area contributed by atoms with Gasteiger partial charge in [0.2, 0.25) is 0 Å². The highest BCUT2D eigenvalue weighted by molar-refractivity contribution is 5.94. The number of carbonyl (C=O) groups excluding carboxylic acids is 1. The van der Waals surface area contributed by atoms with Crippen LogP contribution in [0.4, 0.5) is 0 Å². The lowest BCUT2D eigenvalue weighted by Crippen LogP contribution is -2.32. The van der Waals surface area contributed by atoms with E-state index < -0.39 is 0 Å². The minimum absolute atomic E-state index is 0.0693. The molecular weight excluding hydrogens is 194 g/mol. The van der Waals surface area contributed by atoms with Crippen LogP contribution in [0.2, 0.25) is 0 Å². The standard InChI is InChI=1S/C11H17NO3/c1-8(4-3-5-13)12-11(14)10-6-9(2)15-7-10/h6-8,13H,3-5H2,1-2H3,(H,12,14). The van der Waals surface area contributed by atoms with E-state index in [1.165, 1.54) is 6.26 Å². The topological polar surface area (TPSA) is 62.5 Å². The molecule has 84 valence electrons. The largest absolute Gasteiger partial charge is 0.469 e. The Bertz CT molecular complexity index is 319. The van der Waals surface area contributed by atoms with Crippen LogP contribution < -0.4 is 5.32 Å². The highest BCUT2D eigenvalue weighted by Gasteiger charge is 2.11. The Labute approximate surface area is 89.3 Å². The molecule has 0 spiro atoms. The lowest BCUT2D eigenvalue weighted by molar-refractivity contribution is 0.0936. The van der Waals surface area contributed by atoms with Gasteiger partial charge >= 0.3 is 0 Å². The molecule has 1 amide bonds. The Balaban J connectivity index is 2.42. The molecule has 0 saturated carbocycles. The van der Waals surface area contributed by atoms with Gasteiger partial charge in [0.25, 0.3) is 5.91 Å². The zero-order chi connectivity index (χ0) is 11.3. The van der Waals surface area contributed by atoms with Crippen molar-refractivity contribution in [3.8, 4) is 0 Å². The van der Waals surface area contributed by atoms with Crippen LogP contribution in [0.15, 0.2) is 16.7 Å². The van der Waals surface area contributed by atoms with Crippen molar-refractivity contribution < 1.29 is 14.3 Å². The minimum Gasteiger partial charge on any atom is -0.469 e. The zero-order valence-corrected chi connectivity index (χ0v) is 9.12. The van der Waals surface area contributed by atoms with Crippen LogP contribution in [-0.2, 0) is 0 Å². The summed E-state index contributed by atoms with van der Waals surface area (Å²) in [7, 11) is 0. The maximum atomic E-state index is 11.6. The molecule has 0 radical (unpaired) electrons. The van der Waals surface area contributed by atoms with Crippen molar-refractivity contribution in [1.82, 2.24) is 5.32 Å². The molecule has 0 aliphatic carbocycles. The molecule has 2 N–H and O–H groups in total. The number of aliphatic hydroxyl groups is 1. The molecule has 0 saturated heterocycles. The summed E-state index contributed by atoms with van der Waals surface area (Å²) in [6.07, 6.45) is 2.92. The van der Waals surface area contributed by atoms with Gasteiger partial charge in [-0.15, -0.1) is 0 Å². The van der Waals surface area contributed by atoms with E-state index in [9.17, 15) is 4.79 Å². The molecule has 4 heteroatoms. The number of nitrogens with one attached hydrogen (secondary N) is 1. The number of furan rings is 1. The summed E-state index contributed by atoms with van der Waals surface area (Å²) in [6, 6.07) is 1.77. The van der Waals surface area contributed by atoms with Crippen LogP contribution in [0.25, 0.3) is 0 Å². The molecule has 0 bridgehead atoms. The van der Waals surface area contributed by atoms with Crippen LogP contribution in [0, 0.1) is 6.92 Å². The first-order valence-corrected chi connectivity index (χ1v) is 5.10. The first-order chi connectivity index (χ1) is 7.13. The van der Waals surface area contributed by atoms with E-state index in [0.717, 1.165) is 12.2 Å². The normalized spacial score (nSPS) is 12.5. The van der Waals surface area contributed by atoms with Crippen LogP contribution >= 0.6 is 0 Å². The van der Waals surface area contributed by atoms with E-state index in [0.29, 0.717) is 12.0 Å². The minimum atomic E-state index is -0.128. The fraction of sp³-hybridized carbons (Fsp3) is 0.545. The molecule has 1 rings (SSSR count). The second-order valence-corrected chi connectivity index (χ2v) is 3.69. The number of carbonyl (C=O) groups is 1. The number of aliphatic hydroxyl groups excluding tert-OH is 1. The average Bonchev–Trinajstić information content (AvgIpc) is 2.61. The predicted molar refractivity (Wildman–Crippen MR) is 56.7 cm³/mol. The summed E-state index contributed by atoms with van der Waals surface area (Å²) < 4.78 is 5.05. The second-order valence-electron chi connectivity index (χ2n) is 3.69. The molecule has 0 fully saturated rings. The molecule has 1 atom stereocenters. The first kappa shape index (κ1) is 11.8. The molecule has 0 aliphatic heterocycles. The van der Waals surface area contributed by atoms with Gasteiger partial charge in [0.1, 0.15) is 12.0 Å². The van der Waals surface area contributed by atoms with E-state index in [4.69, 9.17) is 9.52 Å². The van der Waals surface area contributed by atoms with Crippen molar-refractivity contribution in [2.24, 2.45) is 0 Å². The molecule has 1 aromatic rings. The fourth-order valence-electron chi connectivity index (χ4n) is 1.34. The van der Waals surface area contributed by atoms with Crippen molar-refractivity contribution in [1.29, 1.82) is 0 Å². The third-order valence-corrected chi connectivity index (χ3v) is 2.17. The van der Waals surface area contributed by atoms with Gasteiger partial charge in [-0.3, -0.25) is 4.79 Å². The van der Waals surface area contributed by atoms with Crippen LogP contribution in [0.3, 0.4) is 0 Å². The van der Waals surface area contributed by atoms with Crippen molar-refractivity contribution >= 4 is 5.91 Å². The lowest BCUT2D eigenvalue weighted by atomic mass is 10.2. The Morgan fingerprint density at radius 2 is 2.40 bits per heavy atom. The summed E-state index contributed by atoms with van der Waals surface area (Å²) in [5.74, 6) is 0.598. The van der Waals surface area contributed by atoms with Gasteiger partial charge in [-0.05, 0) is 32.8 Å². The first-order valence-electron chi connectivity index (χ1n) is 5.10. The number of amides is 1. The third-order valence-electron chi connectivity index (χ3n) is 2.17. The molecule has 0 aromatic carbocycles. The highest BCUT2D eigenvalue weighted by atomic mass is 16.3. The molecule has 1 heterocycles. The van der Waals surface area contributed by atoms with Gasteiger partial charge in [0, 0.05) is 12.6 Å². The Hall–Kier alpha value is -1.29. The van der Waals surface area contributed by atoms with Gasteiger partial charge in [0.05, 0.1) is 5.56 Å². The summed E-state index contributed by atoms with van der Waals surface area (Å²) in [5, 5.41) is 11.5. The monoisotopic (exact) mass is 211 g/mol. The average molecular weight is 211 g/mol. The van der Waals surface area contributed by atoms with Gasteiger partial charge < -0.3 is 14.8 Å². The number of hydrogen-bond donors (Lipinski definition) is 2. The second kappa shape index (κ2) is 5.56. The van der Waals surface area contributed by atoms with Crippen molar-refractivity contribution in [2.45, 2.75) is 32.7 Å². The van der Waals surface area contributed by atoms with Crippen LogP contribution in [0.1, 0.15) is 35.9 Å². The van der Waals surface area contributed by atoms with Gasteiger partial charge in [-0.25, -0.2) is 0 Å². The summed E-state index contributed by atoms with van der Waals surface area (Å²) in [5.41, 5.74) is 0.545. The van der Waals surface area contributed by atoms with Gasteiger partial charge in [-0.2, -0.15) is 0 Å². The molecule has 4 nitrogen and oxygen atoms in total. The van der Waals surface area contributed by atoms with Crippen molar-refractivity contribution in [3.63, 3.8) is 0 Å². The SMILES string of the molecule is Cc1cc(C(=O)NC(C)CCCO)co1. The van der Waals surface area contributed by atoms with E-state index in [1.807, 2.05) is 6.92 Å². The summed E-state index contributed by atoms with van der Waals surface area (Å²) in [4.78, 5) is 11.6. The summed E-state index contributed by atoms with van der Waals surface area (Å²) >= 11 is 0. The van der Waals surface area contributed by atoms with E-state index >= 15 is 0 Å². The number of rotatable bonds is 5. The van der Waals surface area contributed by atoms with Crippen molar-refractivity contribution in [2.75, 3.05) is 6.61 Å². The molecule has 0 aliphatic rings. The smallest absolute Gasteiger partial charge is 0.254 e. The van der Waals surface area contributed by atoms with Crippen LogP contribution in [-0.4, -0.2) is 23.7 Å². The predicted octanol–water partition coefficient (Wildman–Crippen LogP) is 1.48. The van der Waals surface area contributed by atoms with E-state index in [2.05, 4.69) is 5.32 Å². The van der Waals surface area contributed by atoms with Crippen LogP contribution in [0.5, 0.6) is 0 Å². The molecule has 15 heavy (non-hydrogen) atoms. The highest BCUT2D eigenvalue weighted by Crippen LogP contribution is 2.06. The number of hydrogen-bond acceptors (Lipinski definition) is 3. The molecule has 1 unspecified atom stereocenters. The third kappa shape index (κ3) is 3.75. The maximum absolute atomic E-state index is 11.6. The van der Waals surface area contributed by atoms with Gasteiger partial charge in [-0.1, -0.05) is 0 Å². The molecular formula is C11H17NO3. The molecule has 1 aromatic heterocycles. The zero-order valence-electron chi connectivity index (χ0n) is 9.12. The summed E-state index contributed by atoms with van der Waals surface area (Å²) in [6.45, 7) is 3.87. The quantitative estimate of drug-likeness (QED) is 0.775. The maximum Gasteiger partial charge on any atom is 0.254 e. The van der Waals surface area contributed by atoms with Crippen molar-refractivity contribution in [3.05, 3.63) is 23.7 Å². The Kier molecular flexibility index (Phi) is 4.37. The van der Waals surface area contributed by atoms with E-state index in [1.54, 1.807) is 13.0 Å². The fourth-order valence-corrected chi connectivity index (χ4v) is 1.34. The Morgan fingerprint density at radius 3 is 2.93 bits per heavy atom. The Morgan fingerprint density at radius 1 is 1.67 bits per heavy atom. The van der Waals surface area contributed by atoms with Gasteiger partial charge in [0.15, 0.2) is 0 Å². The van der Waals surface area contributed by atoms with E-state index in [-0.39, 0.29) is 18.6 Å².